The van der Waals surface area contributed by atoms with E-state index >= 15 is 0 Å². The number of aromatic nitrogens is 2. The lowest BCUT2D eigenvalue weighted by molar-refractivity contribution is 0.0692. The molecule has 2 rings (SSSR count). The number of carboxylic acid groups (broad SMARTS) is 1. The Bertz CT molecular complexity index is 646. The number of H-pyrrole nitrogens is 1. The Morgan fingerprint density at radius 2 is 2.05 bits per heavy atom. The molecule has 2 aromatic heterocycles. The summed E-state index contributed by atoms with van der Waals surface area (Å²) in [7, 11) is 0. The van der Waals surface area contributed by atoms with Crippen LogP contribution >= 0.6 is 0 Å². The molecule has 0 saturated heterocycles. The van der Waals surface area contributed by atoms with E-state index in [4.69, 9.17) is 5.11 Å². The number of carbonyl (C=O) groups is 2. The lowest BCUT2D eigenvalue weighted by Gasteiger charge is -2.04. The molecule has 0 unspecified atom stereocenters. The Labute approximate surface area is 109 Å². The van der Waals surface area contributed by atoms with E-state index in [0.717, 1.165) is 5.69 Å². The first-order chi connectivity index (χ1) is 8.97. The fraction of sp³-hybridized carbons (Fsp3) is 0.154. The Morgan fingerprint density at radius 1 is 1.32 bits per heavy atom. The minimum absolute atomic E-state index is 0.0309. The van der Waals surface area contributed by atoms with Crippen molar-refractivity contribution >= 4 is 17.6 Å². The van der Waals surface area contributed by atoms with Gasteiger partial charge in [-0.25, -0.2) is 4.79 Å². The zero-order chi connectivity index (χ0) is 14.0. The maximum atomic E-state index is 12.0. The van der Waals surface area contributed by atoms with Crippen molar-refractivity contribution in [2.45, 2.75) is 13.8 Å². The van der Waals surface area contributed by atoms with Crippen molar-refractivity contribution in [2.24, 2.45) is 0 Å². The van der Waals surface area contributed by atoms with Gasteiger partial charge in [0.2, 0.25) is 0 Å². The van der Waals surface area contributed by atoms with Gasteiger partial charge in [-0.15, -0.1) is 0 Å². The molecule has 0 saturated carbocycles. The van der Waals surface area contributed by atoms with Gasteiger partial charge in [0.05, 0.1) is 5.69 Å². The number of hydrogen-bond acceptors (Lipinski definition) is 3. The number of nitrogens with zero attached hydrogens (tertiary/aromatic N) is 1. The van der Waals surface area contributed by atoms with Crippen molar-refractivity contribution in [3.05, 3.63) is 47.0 Å². The fourth-order valence-corrected chi connectivity index (χ4v) is 1.74. The van der Waals surface area contributed by atoms with Gasteiger partial charge in [-0.2, -0.15) is 0 Å². The number of carboxylic acids is 1. The molecule has 0 aromatic carbocycles. The number of pyridine rings is 1. The lowest BCUT2D eigenvalue weighted by atomic mass is 10.2. The predicted molar refractivity (Wildman–Crippen MR) is 69.4 cm³/mol. The van der Waals surface area contributed by atoms with Crippen LogP contribution in [0.3, 0.4) is 0 Å². The van der Waals surface area contributed by atoms with Crippen molar-refractivity contribution < 1.29 is 14.7 Å². The minimum atomic E-state index is -1.12. The van der Waals surface area contributed by atoms with E-state index in [9.17, 15) is 9.59 Å². The van der Waals surface area contributed by atoms with Crippen LogP contribution in [-0.4, -0.2) is 27.0 Å². The first-order valence-electron chi connectivity index (χ1n) is 5.64. The van der Waals surface area contributed by atoms with Crippen LogP contribution in [-0.2, 0) is 0 Å². The Hall–Kier alpha value is -2.63. The first kappa shape index (κ1) is 12.8. The van der Waals surface area contributed by atoms with Crippen LogP contribution in [0.25, 0.3) is 0 Å². The smallest absolute Gasteiger partial charge is 0.354 e. The number of carbonyl (C=O) groups excluding carboxylic acids is 1. The number of aromatic carboxylic acids is 1. The molecule has 6 heteroatoms. The molecule has 0 atom stereocenters. The van der Waals surface area contributed by atoms with Gasteiger partial charge < -0.3 is 15.4 Å². The molecule has 0 spiro atoms. The molecule has 0 aliphatic carbocycles. The number of aromatic amines is 1. The van der Waals surface area contributed by atoms with Gasteiger partial charge >= 0.3 is 5.97 Å². The molecule has 0 bridgehead atoms. The van der Waals surface area contributed by atoms with Crippen molar-refractivity contribution in [3.8, 4) is 0 Å². The summed E-state index contributed by atoms with van der Waals surface area (Å²) < 4.78 is 0. The Kier molecular flexibility index (Phi) is 3.33. The highest BCUT2D eigenvalue weighted by Gasteiger charge is 2.16. The predicted octanol–water partition coefficient (Wildman–Crippen LogP) is 1.98. The molecule has 19 heavy (non-hydrogen) atoms. The topological polar surface area (TPSA) is 95.1 Å². The quantitative estimate of drug-likeness (QED) is 0.785. The van der Waals surface area contributed by atoms with E-state index in [-0.39, 0.29) is 17.3 Å². The molecule has 2 heterocycles. The van der Waals surface area contributed by atoms with Crippen LogP contribution in [0, 0.1) is 13.8 Å². The van der Waals surface area contributed by atoms with Crippen molar-refractivity contribution in [2.75, 3.05) is 5.32 Å². The van der Waals surface area contributed by atoms with E-state index in [1.165, 1.54) is 6.20 Å². The highest BCUT2D eigenvalue weighted by molar-refractivity contribution is 6.07. The Morgan fingerprint density at radius 3 is 2.68 bits per heavy atom. The molecule has 2 aromatic rings. The SMILES string of the molecule is Cc1cc(C(=O)Nc2cc(C)[nH]c2C(=O)O)ccn1. The number of amides is 1. The molecule has 6 nitrogen and oxygen atoms in total. The summed E-state index contributed by atoms with van der Waals surface area (Å²) in [4.78, 5) is 29.7. The normalized spacial score (nSPS) is 10.2. The number of nitrogens with one attached hydrogen (secondary N) is 2. The van der Waals surface area contributed by atoms with Crippen LogP contribution in [0.4, 0.5) is 5.69 Å². The average molecular weight is 259 g/mol. The van der Waals surface area contributed by atoms with Gasteiger partial charge in [0.1, 0.15) is 5.69 Å². The summed E-state index contributed by atoms with van der Waals surface area (Å²) >= 11 is 0. The minimum Gasteiger partial charge on any atom is -0.477 e. The van der Waals surface area contributed by atoms with E-state index in [1.54, 1.807) is 32.0 Å². The number of rotatable bonds is 3. The van der Waals surface area contributed by atoms with Gasteiger partial charge in [-0.1, -0.05) is 0 Å². The van der Waals surface area contributed by atoms with Gasteiger partial charge in [-0.05, 0) is 32.0 Å². The van der Waals surface area contributed by atoms with E-state index in [1.807, 2.05) is 0 Å². The first-order valence-corrected chi connectivity index (χ1v) is 5.64. The van der Waals surface area contributed by atoms with E-state index in [2.05, 4.69) is 15.3 Å². The summed E-state index contributed by atoms with van der Waals surface area (Å²) in [6.07, 6.45) is 1.53. The lowest BCUT2D eigenvalue weighted by Crippen LogP contribution is -2.14. The number of hydrogen-bond donors (Lipinski definition) is 3. The van der Waals surface area contributed by atoms with E-state index in [0.29, 0.717) is 11.3 Å². The van der Waals surface area contributed by atoms with Crippen molar-refractivity contribution in [1.82, 2.24) is 9.97 Å². The summed E-state index contributed by atoms with van der Waals surface area (Å²) in [6, 6.07) is 4.78. The zero-order valence-corrected chi connectivity index (χ0v) is 10.5. The maximum absolute atomic E-state index is 12.0. The molecular formula is C13H13N3O3. The average Bonchev–Trinajstić information content (AvgIpc) is 2.70. The second-order valence-corrected chi connectivity index (χ2v) is 4.19. The molecule has 0 fully saturated rings. The van der Waals surface area contributed by atoms with Crippen LogP contribution in [0.1, 0.15) is 32.2 Å². The summed E-state index contributed by atoms with van der Waals surface area (Å²) in [6.45, 7) is 3.50. The number of aryl methyl sites for hydroxylation is 2. The Balaban J connectivity index is 2.26. The number of anilines is 1. The summed E-state index contributed by atoms with van der Waals surface area (Å²) in [5.74, 6) is -1.48. The van der Waals surface area contributed by atoms with Crippen molar-refractivity contribution in [3.63, 3.8) is 0 Å². The maximum Gasteiger partial charge on any atom is 0.354 e. The standard InChI is InChI=1S/C13H13N3O3/c1-7-5-9(3-4-14-7)12(17)16-10-6-8(2)15-11(10)13(18)19/h3-6,15H,1-2H3,(H,16,17)(H,18,19). The molecular weight excluding hydrogens is 246 g/mol. The van der Waals surface area contributed by atoms with Gasteiger partial charge in [0, 0.05) is 23.1 Å². The third kappa shape index (κ3) is 2.79. The molecule has 98 valence electrons. The van der Waals surface area contributed by atoms with Crippen molar-refractivity contribution in [1.29, 1.82) is 0 Å². The van der Waals surface area contributed by atoms with Gasteiger partial charge in [0.25, 0.3) is 5.91 Å². The summed E-state index contributed by atoms with van der Waals surface area (Å²) in [5, 5.41) is 11.6. The van der Waals surface area contributed by atoms with Gasteiger partial charge in [-0.3, -0.25) is 9.78 Å². The summed E-state index contributed by atoms with van der Waals surface area (Å²) in [5.41, 5.74) is 2.04. The fourth-order valence-electron chi connectivity index (χ4n) is 1.74. The second-order valence-electron chi connectivity index (χ2n) is 4.19. The van der Waals surface area contributed by atoms with Gasteiger partial charge in [0.15, 0.2) is 0 Å². The van der Waals surface area contributed by atoms with Crippen LogP contribution in [0.15, 0.2) is 24.4 Å². The highest BCUT2D eigenvalue weighted by Crippen LogP contribution is 2.18. The molecule has 0 aliphatic rings. The molecule has 3 N–H and O–H groups in total. The third-order valence-electron chi connectivity index (χ3n) is 2.57. The molecule has 0 radical (unpaired) electrons. The third-order valence-corrected chi connectivity index (χ3v) is 2.57. The van der Waals surface area contributed by atoms with Crippen LogP contribution in [0.2, 0.25) is 0 Å². The highest BCUT2D eigenvalue weighted by atomic mass is 16.4. The van der Waals surface area contributed by atoms with Crippen LogP contribution in [0.5, 0.6) is 0 Å². The van der Waals surface area contributed by atoms with Crippen LogP contribution < -0.4 is 5.32 Å². The zero-order valence-electron chi connectivity index (χ0n) is 10.5. The molecule has 0 aliphatic heterocycles. The monoisotopic (exact) mass is 259 g/mol. The second kappa shape index (κ2) is 4.93. The largest absolute Gasteiger partial charge is 0.477 e. The van der Waals surface area contributed by atoms with E-state index < -0.39 is 5.97 Å². The molecule has 1 amide bonds.